The van der Waals surface area contributed by atoms with E-state index in [0.717, 1.165) is 0 Å². The summed E-state index contributed by atoms with van der Waals surface area (Å²) in [6.45, 7) is 6.32. The summed E-state index contributed by atoms with van der Waals surface area (Å²) < 4.78 is 47.1. The first-order chi connectivity index (χ1) is 11.4. The number of sulfonamides is 1. The number of nitrogens with one attached hydrogen (secondary N) is 1. The summed E-state index contributed by atoms with van der Waals surface area (Å²) in [6, 6.07) is 0. The molecule has 2 aromatic rings. The Hall–Kier alpha value is -2.27. The van der Waals surface area contributed by atoms with E-state index in [1.165, 1.54) is 29.2 Å². The summed E-state index contributed by atoms with van der Waals surface area (Å²) in [5.41, 5.74) is 5.47. The molecule has 136 valence electrons. The Morgan fingerprint density at radius 1 is 1.40 bits per heavy atom. The van der Waals surface area contributed by atoms with E-state index in [-0.39, 0.29) is 22.8 Å². The van der Waals surface area contributed by atoms with Crippen molar-refractivity contribution in [2.75, 3.05) is 4.72 Å². The second-order valence-electron chi connectivity index (χ2n) is 6.17. The van der Waals surface area contributed by atoms with Crippen molar-refractivity contribution in [2.24, 2.45) is 5.73 Å². The van der Waals surface area contributed by atoms with Crippen LogP contribution >= 0.6 is 11.3 Å². The molecule has 2 aromatic heterocycles. The predicted molar refractivity (Wildman–Crippen MR) is 90.8 cm³/mol. The van der Waals surface area contributed by atoms with Gasteiger partial charge in [-0.25, -0.2) is 19.2 Å². The first kappa shape index (κ1) is 19.1. The number of nitrogens with two attached hydrogens (primary N) is 1. The van der Waals surface area contributed by atoms with E-state index in [2.05, 4.69) is 14.7 Å². The molecule has 0 spiro atoms. The molecule has 1 amide bonds. The zero-order valence-electron chi connectivity index (χ0n) is 14.0. The highest BCUT2D eigenvalue weighted by Gasteiger charge is 2.34. The second kappa shape index (κ2) is 6.56. The molecule has 0 aliphatic carbocycles. The molecular weight excluding hydrogens is 371 g/mol. The van der Waals surface area contributed by atoms with Gasteiger partial charge in [-0.3, -0.25) is 4.72 Å². The number of amides is 1. The van der Waals surface area contributed by atoms with Crippen molar-refractivity contribution in [3.8, 4) is 5.75 Å². The number of halogens is 1. The van der Waals surface area contributed by atoms with Crippen LogP contribution in [0.3, 0.4) is 0 Å². The number of carbonyl (C=O) groups excluding carboxylic acids is 1. The Bertz CT molecular complexity index is 906. The zero-order chi connectivity index (χ0) is 19.0. The molecule has 0 fully saturated rings. The number of aryl methyl sites for hydroxylation is 1. The van der Waals surface area contributed by atoms with E-state index >= 15 is 4.39 Å². The molecule has 0 unspecified atom stereocenters. The SMILES string of the molecule is Cc1nc(S(=O)(=O)Nc2cscn2)c(F)c(C(C)(C)C)c1OC(N)=O. The molecule has 25 heavy (non-hydrogen) atoms. The maximum Gasteiger partial charge on any atom is 0.410 e. The number of anilines is 1. The summed E-state index contributed by atoms with van der Waals surface area (Å²) in [4.78, 5) is 18.7. The van der Waals surface area contributed by atoms with Crippen LogP contribution in [0.5, 0.6) is 5.75 Å². The number of thiazole rings is 1. The van der Waals surface area contributed by atoms with Crippen molar-refractivity contribution in [3.63, 3.8) is 0 Å². The molecule has 0 aliphatic heterocycles. The molecule has 0 saturated heterocycles. The van der Waals surface area contributed by atoms with Crippen LogP contribution in [0, 0.1) is 12.7 Å². The van der Waals surface area contributed by atoms with E-state index < -0.39 is 32.4 Å². The normalized spacial score (nSPS) is 12.0. The molecule has 0 bridgehead atoms. The molecule has 0 saturated carbocycles. The lowest BCUT2D eigenvalue weighted by molar-refractivity contribution is 0.208. The predicted octanol–water partition coefficient (Wildman–Crippen LogP) is 2.54. The van der Waals surface area contributed by atoms with Crippen LogP contribution in [0.4, 0.5) is 15.0 Å². The van der Waals surface area contributed by atoms with E-state index in [1.54, 1.807) is 20.8 Å². The molecule has 0 aromatic carbocycles. The average molecular weight is 388 g/mol. The van der Waals surface area contributed by atoms with Crippen LogP contribution in [0.25, 0.3) is 0 Å². The largest absolute Gasteiger partial charge is 0.410 e. The highest BCUT2D eigenvalue weighted by atomic mass is 32.2. The number of hydrogen-bond donors (Lipinski definition) is 2. The summed E-state index contributed by atoms with van der Waals surface area (Å²) in [5.74, 6) is -1.25. The molecular formula is C14H17FN4O4S2. The lowest BCUT2D eigenvalue weighted by Crippen LogP contribution is -2.26. The average Bonchev–Trinajstić information content (AvgIpc) is 2.92. The van der Waals surface area contributed by atoms with Gasteiger partial charge in [-0.05, 0) is 12.3 Å². The van der Waals surface area contributed by atoms with Crippen LogP contribution < -0.4 is 15.2 Å². The Morgan fingerprint density at radius 3 is 2.52 bits per heavy atom. The minimum Gasteiger partial charge on any atom is -0.408 e. The Labute approximate surface area is 148 Å². The molecule has 0 atom stereocenters. The number of aromatic nitrogens is 2. The van der Waals surface area contributed by atoms with Crippen LogP contribution in [-0.2, 0) is 15.4 Å². The van der Waals surface area contributed by atoms with Gasteiger partial charge in [0.2, 0.25) is 5.03 Å². The molecule has 0 aliphatic rings. The molecule has 0 radical (unpaired) electrons. The van der Waals surface area contributed by atoms with Crippen molar-refractivity contribution in [1.82, 2.24) is 9.97 Å². The number of hydrogen-bond acceptors (Lipinski definition) is 7. The van der Waals surface area contributed by atoms with Gasteiger partial charge in [-0.2, -0.15) is 8.42 Å². The minimum absolute atomic E-state index is 0.0174. The Kier molecular flexibility index (Phi) is 5.00. The van der Waals surface area contributed by atoms with Gasteiger partial charge in [0.1, 0.15) is 0 Å². The Balaban J connectivity index is 2.68. The van der Waals surface area contributed by atoms with Crippen molar-refractivity contribution in [1.29, 1.82) is 0 Å². The van der Waals surface area contributed by atoms with Crippen molar-refractivity contribution in [3.05, 3.63) is 28.0 Å². The van der Waals surface area contributed by atoms with Gasteiger partial charge in [0.25, 0.3) is 10.0 Å². The van der Waals surface area contributed by atoms with Gasteiger partial charge in [-0.15, -0.1) is 11.3 Å². The number of pyridine rings is 1. The van der Waals surface area contributed by atoms with Gasteiger partial charge in [0.05, 0.1) is 11.2 Å². The van der Waals surface area contributed by atoms with Gasteiger partial charge in [0.15, 0.2) is 17.4 Å². The lowest BCUT2D eigenvalue weighted by atomic mass is 9.86. The molecule has 3 N–H and O–H groups in total. The number of ether oxygens (including phenoxy) is 1. The lowest BCUT2D eigenvalue weighted by Gasteiger charge is -2.24. The maximum atomic E-state index is 15.1. The highest BCUT2D eigenvalue weighted by Crippen LogP contribution is 2.38. The number of nitrogens with zero attached hydrogens (tertiary/aromatic N) is 2. The summed E-state index contributed by atoms with van der Waals surface area (Å²) in [7, 11) is -4.33. The van der Waals surface area contributed by atoms with Crippen molar-refractivity contribution >= 4 is 33.3 Å². The highest BCUT2D eigenvalue weighted by molar-refractivity contribution is 7.92. The third-order valence-corrected chi connectivity index (χ3v) is 4.95. The van der Waals surface area contributed by atoms with E-state index in [1.807, 2.05) is 0 Å². The summed E-state index contributed by atoms with van der Waals surface area (Å²) in [6.07, 6.45) is -1.15. The first-order valence-corrected chi connectivity index (χ1v) is 9.45. The third-order valence-electron chi connectivity index (χ3n) is 3.11. The summed E-state index contributed by atoms with van der Waals surface area (Å²) >= 11 is 1.18. The zero-order valence-corrected chi connectivity index (χ0v) is 15.6. The van der Waals surface area contributed by atoms with Gasteiger partial charge in [-0.1, -0.05) is 20.8 Å². The van der Waals surface area contributed by atoms with Crippen LogP contribution in [0.15, 0.2) is 15.9 Å². The van der Waals surface area contributed by atoms with Crippen LogP contribution in [0.2, 0.25) is 0 Å². The van der Waals surface area contributed by atoms with Gasteiger partial charge >= 0.3 is 6.09 Å². The van der Waals surface area contributed by atoms with E-state index in [0.29, 0.717) is 0 Å². The van der Waals surface area contributed by atoms with E-state index in [4.69, 9.17) is 10.5 Å². The monoisotopic (exact) mass is 388 g/mol. The summed E-state index contributed by atoms with van der Waals surface area (Å²) in [5, 5.41) is 0.650. The Morgan fingerprint density at radius 2 is 2.04 bits per heavy atom. The molecule has 2 rings (SSSR count). The number of carbonyl (C=O) groups is 1. The van der Waals surface area contributed by atoms with Crippen LogP contribution in [-0.4, -0.2) is 24.5 Å². The molecule has 2 heterocycles. The fourth-order valence-corrected chi connectivity index (χ4v) is 3.80. The topological polar surface area (TPSA) is 124 Å². The fraction of sp³-hybridized carbons (Fsp3) is 0.357. The van der Waals surface area contributed by atoms with Gasteiger partial charge in [0, 0.05) is 10.9 Å². The maximum absolute atomic E-state index is 15.1. The smallest absolute Gasteiger partial charge is 0.408 e. The van der Waals surface area contributed by atoms with Crippen molar-refractivity contribution in [2.45, 2.75) is 38.1 Å². The van der Waals surface area contributed by atoms with E-state index in [9.17, 15) is 13.2 Å². The number of rotatable bonds is 4. The first-order valence-electron chi connectivity index (χ1n) is 7.02. The quantitative estimate of drug-likeness (QED) is 0.829. The standard InChI is InChI=1S/C14H17FN4O4S2/c1-7-11(23-13(16)20)9(14(2,3)4)10(15)12(18-7)25(21,22)19-8-5-24-6-17-8/h5-6,19H,1-4H3,(H2,16,20). The van der Waals surface area contributed by atoms with Gasteiger partial charge < -0.3 is 10.5 Å². The molecule has 8 nitrogen and oxygen atoms in total. The van der Waals surface area contributed by atoms with Crippen molar-refractivity contribution < 1.29 is 22.3 Å². The number of primary amides is 1. The molecule has 11 heteroatoms. The second-order valence-corrected chi connectivity index (χ2v) is 8.49. The minimum atomic E-state index is -4.33. The fourth-order valence-electron chi connectivity index (χ4n) is 2.16. The van der Waals surface area contributed by atoms with Crippen LogP contribution in [0.1, 0.15) is 32.0 Å². The third kappa shape index (κ3) is 4.04.